The molecule has 5 nitrogen and oxygen atoms in total. The van der Waals surface area contributed by atoms with Crippen LogP contribution in [0.1, 0.15) is 34.6 Å². The van der Waals surface area contributed by atoms with Crippen LogP contribution in [0.4, 0.5) is 8.78 Å². The minimum atomic E-state index is -2.67. The van der Waals surface area contributed by atoms with Crippen molar-refractivity contribution in [3.05, 3.63) is 47.3 Å². The van der Waals surface area contributed by atoms with E-state index in [2.05, 4.69) is 5.10 Å². The number of hydrogen-bond acceptors (Lipinski definition) is 3. The second-order valence-corrected chi connectivity index (χ2v) is 6.34. The second kappa shape index (κ2) is 7.21. The molecule has 0 N–H and O–H groups in total. The lowest BCUT2D eigenvalue weighted by atomic mass is 9.99. The van der Waals surface area contributed by atoms with E-state index in [0.717, 1.165) is 18.6 Å². The molecule has 1 saturated heterocycles. The lowest BCUT2D eigenvalue weighted by Crippen LogP contribution is -2.30. The van der Waals surface area contributed by atoms with Crippen LogP contribution in [0.15, 0.2) is 30.3 Å². The summed E-state index contributed by atoms with van der Waals surface area (Å²) in [6, 6.07) is 9.09. The van der Waals surface area contributed by atoms with Crippen molar-refractivity contribution in [1.29, 1.82) is 0 Å². The Balaban J connectivity index is 1.62. The maximum absolute atomic E-state index is 12.7. The average molecular weight is 349 g/mol. The fraction of sp³-hybridized carbons (Fsp3) is 0.444. The summed E-state index contributed by atoms with van der Waals surface area (Å²) < 4.78 is 31.9. The molecule has 0 bridgehead atoms. The summed E-state index contributed by atoms with van der Waals surface area (Å²) in [5, 5.41) is 3.71. The average Bonchev–Trinajstić information content (AvgIpc) is 3.22. The molecule has 134 valence electrons. The van der Waals surface area contributed by atoms with E-state index >= 15 is 0 Å². The summed E-state index contributed by atoms with van der Waals surface area (Å²) in [6.07, 6.45) is -0.896. The van der Waals surface area contributed by atoms with Crippen molar-refractivity contribution in [1.82, 2.24) is 14.7 Å². The SMILES string of the molecule is COc1ccc(CC2CCN(C(=O)c3cc(C(F)F)nn3C)C2)cc1. The molecule has 1 aliphatic rings. The lowest BCUT2D eigenvalue weighted by Gasteiger charge is -2.16. The first kappa shape index (κ1) is 17.4. The predicted octanol–water partition coefficient (Wildman–Crippen LogP) is 3.07. The summed E-state index contributed by atoms with van der Waals surface area (Å²) in [5.74, 6) is 0.942. The van der Waals surface area contributed by atoms with Crippen molar-refractivity contribution in [2.45, 2.75) is 19.3 Å². The first-order valence-electron chi connectivity index (χ1n) is 8.22. The molecule has 1 amide bonds. The number of ether oxygens (including phenoxy) is 1. The third-order valence-corrected chi connectivity index (χ3v) is 4.60. The fourth-order valence-electron chi connectivity index (χ4n) is 3.24. The summed E-state index contributed by atoms with van der Waals surface area (Å²) in [5.41, 5.74) is 1.04. The van der Waals surface area contributed by atoms with Crippen LogP contribution < -0.4 is 4.74 Å². The Kier molecular flexibility index (Phi) is 5.01. The number of aromatic nitrogens is 2. The predicted molar refractivity (Wildman–Crippen MR) is 88.9 cm³/mol. The van der Waals surface area contributed by atoms with Crippen molar-refractivity contribution in [2.75, 3.05) is 20.2 Å². The first-order chi connectivity index (χ1) is 12.0. The highest BCUT2D eigenvalue weighted by atomic mass is 19.3. The molecule has 0 aliphatic carbocycles. The van der Waals surface area contributed by atoms with E-state index in [1.165, 1.54) is 23.4 Å². The quantitative estimate of drug-likeness (QED) is 0.833. The maximum atomic E-state index is 12.7. The fourth-order valence-corrected chi connectivity index (χ4v) is 3.24. The standard InChI is InChI=1S/C18H21F2N3O2/c1-22-16(10-15(21-22)17(19)20)18(24)23-8-7-13(11-23)9-12-3-5-14(25-2)6-4-12/h3-6,10,13,17H,7-9,11H2,1-2H3. The Bertz CT molecular complexity index is 743. The Hall–Kier alpha value is -2.44. The van der Waals surface area contributed by atoms with Crippen molar-refractivity contribution >= 4 is 5.91 Å². The number of methoxy groups -OCH3 is 1. The van der Waals surface area contributed by atoms with Gasteiger partial charge in [-0.2, -0.15) is 5.10 Å². The Morgan fingerprint density at radius 1 is 1.36 bits per heavy atom. The van der Waals surface area contributed by atoms with Gasteiger partial charge in [-0.3, -0.25) is 9.48 Å². The molecule has 2 aromatic rings. The van der Waals surface area contributed by atoms with Gasteiger partial charge in [0.2, 0.25) is 0 Å². The molecule has 0 saturated carbocycles. The third-order valence-electron chi connectivity index (χ3n) is 4.60. The van der Waals surface area contributed by atoms with Gasteiger partial charge in [-0.15, -0.1) is 0 Å². The number of likely N-dealkylation sites (tertiary alicyclic amines) is 1. The van der Waals surface area contributed by atoms with Gasteiger partial charge >= 0.3 is 0 Å². The number of benzene rings is 1. The Labute approximate surface area is 145 Å². The van der Waals surface area contributed by atoms with Crippen LogP contribution in [0.2, 0.25) is 0 Å². The van der Waals surface area contributed by atoms with Gasteiger partial charge in [-0.25, -0.2) is 8.78 Å². The zero-order valence-electron chi connectivity index (χ0n) is 14.3. The molecule has 1 aliphatic heterocycles. The third kappa shape index (κ3) is 3.81. The van der Waals surface area contributed by atoms with Crippen molar-refractivity contribution in [2.24, 2.45) is 13.0 Å². The molecule has 7 heteroatoms. The smallest absolute Gasteiger partial charge is 0.282 e. The molecule has 1 aromatic carbocycles. The summed E-state index contributed by atoms with van der Waals surface area (Å²) >= 11 is 0. The molecule has 1 atom stereocenters. The number of alkyl halides is 2. The van der Waals surface area contributed by atoms with E-state index in [4.69, 9.17) is 4.74 Å². The zero-order valence-corrected chi connectivity index (χ0v) is 14.3. The van der Waals surface area contributed by atoms with E-state index in [-0.39, 0.29) is 17.3 Å². The van der Waals surface area contributed by atoms with Crippen LogP contribution in [0.25, 0.3) is 0 Å². The van der Waals surface area contributed by atoms with Gasteiger partial charge in [0.05, 0.1) is 7.11 Å². The zero-order chi connectivity index (χ0) is 18.0. The molecule has 25 heavy (non-hydrogen) atoms. The number of amides is 1. The van der Waals surface area contributed by atoms with E-state index in [1.54, 1.807) is 12.0 Å². The minimum absolute atomic E-state index is 0.209. The Morgan fingerprint density at radius 3 is 2.68 bits per heavy atom. The van der Waals surface area contributed by atoms with Gasteiger partial charge in [0.1, 0.15) is 17.1 Å². The van der Waals surface area contributed by atoms with Gasteiger partial charge in [0.15, 0.2) is 0 Å². The van der Waals surface area contributed by atoms with Crippen LogP contribution in [0.3, 0.4) is 0 Å². The van der Waals surface area contributed by atoms with Gasteiger partial charge in [-0.1, -0.05) is 12.1 Å². The molecule has 1 unspecified atom stereocenters. The molecule has 2 heterocycles. The normalized spacial score (nSPS) is 17.3. The number of hydrogen-bond donors (Lipinski definition) is 0. The maximum Gasteiger partial charge on any atom is 0.282 e. The van der Waals surface area contributed by atoms with Gasteiger partial charge in [-0.05, 0) is 42.5 Å². The number of nitrogens with zero attached hydrogens (tertiary/aromatic N) is 3. The largest absolute Gasteiger partial charge is 0.497 e. The van der Waals surface area contributed by atoms with Crippen LogP contribution in [0.5, 0.6) is 5.75 Å². The summed E-state index contributed by atoms with van der Waals surface area (Å²) in [7, 11) is 3.15. The molecular weight excluding hydrogens is 328 g/mol. The van der Waals surface area contributed by atoms with E-state index < -0.39 is 6.43 Å². The van der Waals surface area contributed by atoms with Gasteiger partial charge in [0.25, 0.3) is 12.3 Å². The Morgan fingerprint density at radius 2 is 2.08 bits per heavy atom. The minimum Gasteiger partial charge on any atom is -0.497 e. The van der Waals surface area contributed by atoms with E-state index in [9.17, 15) is 13.6 Å². The highest BCUT2D eigenvalue weighted by Crippen LogP contribution is 2.25. The number of carbonyl (C=O) groups excluding carboxylic acids is 1. The number of carbonyl (C=O) groups is 1. The topological polar surface area (TPSA) is 47.4 Å². The van der Waals surface area contributed by atoms with Crippen molar-refractivity contribution in [3.8, 4) is 5.75 Å². The van der Waals surface area contributed by atoms with E-state index in [1.807, 2.05) is 24.3 Å². The van der Waals surface area contributed by atoms with Crippen molar-refractivity contribution < 1.29 is 18.3 Å². The number of halogens is 2. The number of rotatable bonds is 5. The lowest BCUT2D eigenvalue weighted by molar-refractivity contribution is 0.0776. The molecule has 3 rings (SSSR count). The van der Waals surface area contributed by atoms with Gasteiger partial charge in [0, 0.05) is 20.1 Å². The summed E-state index contributed by atoms with van der Waals surface area (Å²) in [6.45, 7) is 1.26. The molecule has 1 fully saturated rings. The molecule has 1 aromatic heterocycles. The second-order valence-electron chi connectivity index (χ2n) is 6.34. The van der Waals surface area contributed by atoms with Crippen LogP contribution in [0, 0.1) is 5.92 Å². The molecular formula is C18H21F2N3O2. The van der Waals surface area contributed by atoms with Crippen LogP contribution in [-0.4, -0.2) is 40.8 Å². The van der Waals surface area contributed by atoms with Crippen LogP contribution >= 0.6 is 0 Å². The number of aryl methyl sites for hydroxylation is 1. The highest BCUT2D eigenvalue weighted by Gasteiger charge is 2.29. The highest BCUT2D eigenvalue weighted by molar-refractivity contribution is 5.92. The van der Waals surface area contributed by atoms with Gasteiger partial charge < -0.3 is 9.64 Å². The van der Waals surface area contributed by atoms with Crippen LogP contribution in [-0.2, 0) is 13.5 Å². The van der Waals surface area contributed by atoms with Crippen molar-refractivity contribution in [3.63, 3.8) is 0 Å². The monoisotopic (exact) mass is 349 g/mol. The summed E-state index contributed by atoms with van der Waals surface area (Å²) in [4.78, 5) is 14.3. The molecule has 0 spiro atoms. The molecule has 0 radical (unpaired) electrons. The first-order valence-corrected chi connectivity index (χ1v) is 8.22. The van der Waals surface area contributed by atoms with E-state index in [0.29, 0.717) is 19.0 Å².